The first-order chi connectivity index (χ1) is 9.26. The molecule has 19 heavy (non-hydrogen) atoms. The van der Waals surface area contributed by atoms with E-state index in [9.17, 15) is 4.79 Å². The van der Waals surface area contributed by atoms with Gasteiger partial charge in [0.2, 0.25) is 0 Å². The molecule has 1 aromatic heterocycles. The van der Waals surface area contributed by atoms with E-state index in [2.05, 4.69) is 0 Å². The van der Waals surface area contributed by atoms with Gasteiger partial charge in [-0.15, -0.1) is 0 Å². The Morgan fingerprint density at radius 3 is 2.47 bits per heavy atom. The summed E-state index contributed by atoms with van der Waals surface area (Å²) in [5, 5.41) is 2.84. The lowest BCUT2D eigenvalue weighted by atomic mass is 10.1. The highest BCUT2D eigenvalue weighted by molar-refractivity contribution is 6.05. The molecule has 0 N–H and O–H groups in total. The van der Waals surface area contributed by atoms with Crippen LogP contribution in [0.5, 0.6) is 5.75 Å². The van der Waals surface area contributed by atoms with Crippen molar-refractivity contribution >= 4 is 21.7 Å². The van der Waals surface area contributed by atoms with Crippen LogP contribution in [0.2, 0.25) is 0 Å². The number of hydrogen-bond acceptors (Lipinski definition) is 2. The molecule has 0 bridgehead atoms. The molecule has 1 heterocycles. The molecule has 0 aliphatic heterocycles. The Labute approximate surface area is 111 Å². The molecular formula is C16H15NO2. The molecule has 3 aromatic rings. The van der Waals surface area contributed by atoms with E-state index in [1.807, 2.05) is 49.4 Å². The van der Waals surface area contributed by atoms with Crippen LogP contribution < -0.4 is 10.3 Å². The van der Waals surface area contributed by atoms with Gasteiger partial charge in [0.25, 0.3) is 5.56 Å². The number of ether oxygens (including phenoxy) is 1. The average molecular weight is 253 g/mol. The van der Waals surface area contributed by atoms with E-state index in [1.165, 1.54) is 0 Å². The van der Waals surface area contributed by atoms with Crippen molar-refractivity contribution in [2.24, 2.45) is 0 Å². The van der Waals surface area contributed by atoms with Crippen LogP contribution in [0, 0.1) is 0 Å². The largest absolute Gasteiger partial charge is 0.497 e. The van der Waals surface area contributed by atoms with Gasteiger partial charge < -0.3 is 9.30 Å². The predicted octanol–water partition coefficient (Wildman–Crippen LogP) is 3.18. The van der Waals surface area contributed by atoms with E-state index in [-0.39, 0.29) is 5.56 Å². The number of hydrogen-bond donors (Lipinski definition) is 0. The summed E-state index contributed by atoms with van der Waals surface area (Å²) in [6.07, 6.45) is 0. The van der Waals surface area contributed by atoms with E-state index in [0.29, 0.717) is 6.54 Å². The summed E-state index contributed by atoms with van der Waals surface area (Å²) in [6.45, 7) is 2.63. The number of benzene rings is 2. The summed E-state index contributed by atoms with van der Waals surface area (Å²) >= 11 is 0. The van der Waals surface area contributed by atoms with Crippen LogP contribution in [-0.4, -0.2) is 11.7 Å². The van der Waals surface area contributed by atoms with Crippen LogP contribution in [0.3, 0.4) is 0 Å². The van der Waals surface area contributed by atoms with Gasteiger partial charge in [0.1, 0.15) is 5.75 Å². The standard InChI is InChI=1S/C16H15NO2/c1-3-17-15-10-11(19-2)8-9-13(15)12-6-4-5-7-14(12)16(17)18/h4-10H,3H2,1-2H3. The van der Waals surface area contributed by atoms with E-state index in [4.69, 9.17) is 4.74 Å². The molecule has 0 amide bonds. The number of aromatic nitrogens is 1. The van der Waals surface area contributed by atoms with Gasteiger partial charge in [0.15, 0.2) is 0 Å². The summed E-state index contributed by atoms with van der Waals surface area (Å²) in [6, 6.07) is 13.6. The molecule has 0 saturated heterocycles. The first kappa shape index (κ1) is 11.8. The van der Waals surface area contributed by atoms with Gasteiger partial charge in [-0.1, -0.05) is 18.2 Å². The number of methoxy groups -OCH3 is 1. The molecule has 3 nitrogen and oxygen atoms in total. The smallest absolute Gasteiger partial charge is 0.258 e. The van der Waals surface area contributed by atoms with Crippen molar-refractivity contribution in [1.29, 1.82) is 0 Å². The van der Waals surface area contributed by atoms with Crippen molar-refractivity contribution < 1.29 is 4.74 Å². The van der Waals surface area contributed by atoms with Crippen LogP contribution in [-0.2, 0) is 6.54 Å². The van der Waals surface area contributed by atoms with Crippen molar-refractivity contribution in [3.05, 3.63) is 52.8 Å². The highest BCUT2D eigenvalue weighted by Gasteiger charge is 2.09. The highest BCUT2D eigenvalue weighted by Crippen LogP contribution is 2.26. The number of pyridine rings is 1. The number of nitrogens with zero attached hydrogens (tertiary/aromatic N) is 1. The Bertz CT molecular complexity index is 818. The topological polar surface area (TPSA) is 31.2 Å². The predicted molar refractivity (Wildman–Crippen MR) is 77.9 cm³/mol. The molecule has 0 radical (unpaired) electrons. The zero-order valence-corrected chi connectivity index (χ0v) is 11.0. The molecule has 2 aromatic carbocycles. The molecule has 3 rings (SSSR count). The van der Waals surface area contributed by atoms with E-state index < -0.39 is 0 Å². The molecule has 0 spiro atoms. The zero-order valence-electron chi connectivity index (χ0n) is 11.0. The van der Waals surface area contributed by atoms with Crippen molar-refractivity contribution in [2.45, 2.75) is 13.5 Å². The number of aryl methyl sites for hydroxylation is 1. The van der Waals surface area contributed by atoms with Gasteiger partial charge in [-0.25, -0.2) is 0 Å². The Hall–Kier alpha value is -2.29. The van der Waals surface area contributed by atoms with Crippen LogP contribution >= 0.6 is 0 Å². The lowest BCUT2D eigenvalue weighted by molar-refractivity contribution is 0.415. The normalized spacial score (nSPS) is 11.1. The minimum absolute atomic E-state index is 0.0545. The molecule has 0 fully saturated rings. The fraction of sp³-hybridized carbons (Fsp3) is 0.188. The molecule has 0 saturated carbocycles. The lowest BCUT2D eigenvalue weighted by Crippen LogP contribution is -2.19. The Balaban J connectivity index is 2.58. The summed E-state index contributed by atoms with van der Waals surface area (Å²) in [4.78, 5) is 12.5. The quantitative estimate of drug-likeness (QED) is 0.657. The summed E-state index contributed by atoms with van der Waals surface area (Å²) in [5.41, 5.74) is 0.976. The maximum atomic E-state index is 12.5. The highest BCUT2D eigenvalue weighted by atomic mass is 16.5. The Morgan fingerprint density at radius 2 is 1.79 bits per heavy atom. The van der Waals surface area contributed by atoms with Gasteiger partial charge in [-0.3, -0.25) is 4.79 Å². The maximum Gasteiger partial charge on any atom is 0.258 e. The summed E-state index contributed by atoms with van der Waals surface area (Å²) < 4.78 is 7.05. The van der Waals surface area contributed by atoms with Crippen LogP contribution in [0.15, 0.2) is 47.3 Å². The maximum absolute atomic E-state index is 12.5. The second-order valence-corrected chi connectivity index (χ2v) is 4.48. The fourth-order valence-corrected chi connectivity index (χ4v) is 2.56. The fourth-order valence-electron chi connectivity index (χ4n) is 2.56. The molecule has 0 unspecified atom stereocenters. The van der Waals surface area contributed by atoms with Crippen molar-refractivity contribution in [3.8, 4) is 5.75 Å². The van der Waals surface area contributed by atoms with Crippen LogP contribution in [0.25, 0.3) is 21.7 Å². The molecule has 96 valence electrons. The SMILES string of the molecule is CCn1c(=O)c2ccccc2c2ccc(OC)cc21. The molecule has 0 aliphatic carbocycles. The van der Waals surface area contributed by atoms with Crippen LogP contribution in [0.1, 0.15) is 6.92 Å². The van der Waals surface area contributed by atoms with E-state index in [1.54, 1.807) is 11.7 Å². The average Bonchev–Trinajstić information content (AvgIpc) is 2.47. The monoisotopic (exact) mass is 253 g/mol. The Morgan fingerprint density at radius 1 is 1.05 bits per heavy atom. The van der Waals surface area contributed by atoms with E-state index in [0.717, 1.165) is 27.4 Å². The van der Waals surface area contributed by atoms with E-state index >= 15 is 0 Å². The summed E-state index contributed by atoms with van der Waals surface area (Å²) in [7, 11) is 1.64. The number of rotatable bonds is 2. The van der Waals surface area contributed by atoms with Crippen molar-refractivity contribution in [3.63, 3.8) is 0 Å². The first-order valence-corrected chi connectivity index (χ1v) is 6.35. The van der Waals surface area contributed by atoms with Crippen molar-refractivity contribution in [2.75, 3.05) is 7.11 Å². The number of fused-ring (bicyclic) bond motifs is 3. The molecule has 0 atom stereocenters. The molecule has 0 aliphatic rings. The first-order valence-electron chi connectivity index (χ1n) is 6.35. The van der Waals surface area contributed by atoms with Crippen molar-refractivity contribution in [1.82, 2.24) is 4.57 Å². The second-order valence-electron chi connectivity index (χ2n) is 4.48. The van der Waals surface area contributed by atoms with Gasteiger partial charge in [-0.2, -0.15) is 0 Å². The third-order valence-electron chi connectivity index (χ3n) is 3.50. The van der Waals surface area contributed by atoms with Crippen LogP contribution in [0.4, 0.5) is 0 Å². The van der Waals surface area contributed by atoms with Gasteiger partial charge >= 0.3 is 0 Å². The Kier molecular flexibility index (Phi) is 2.75. The summed E-state index contributed by atoms with van der Waals surface area (Å²) in [5.74, 6) is 0.768. The second kappa shape index (κ2) is 4.43. The third-order valence-corrected chi connectivity index (χ3v) is 3.50. The van der Waals surface area contributed by atoms with Gasteiger partial charge in [0.05, 0.1) is 12.6 Å². The molecular weight excluding hydrogens is 238 g/mol. The van der Waals surface area contributed by atoms with Gasteiger partial charge in [-0.05, 0) is 30.5 Å². The third kappa shape index (κ3) is 1.70. The zero-order chi connectivity index (χ0) is 13.4. The van der Waals surface area contributed by atoms with Gasteiger partial charge in [0, 0.05) is 23.4 Å². The molecule has 3 heteroatoms. The lowest BCUT2D eigenvalue weighted by Gasteiger charge is -2.12. The minimum Gasteiger partial charge on any atom is -0.497 e. The minimum atomic E-state index is 0.0545.